The molecule has 0 amide bonds. The zero-order chi connectivity index (χ0) is 9.52. The highest BCUT2D eigenvalue weighted by atomic mass is 16.5. The molecule has 0 aromatic heterocycles. The molecule has 0 aliphatic carbocycles. The molecule has 0 aromatic rings. The van der Waals surface area contributed by atoms with Crippen molar-refractivity contribution in [3.05, 3.63) is 12.0 Å². The van der Waals surface area contributed by atoms with E-state index in [1.54, 1.807) is 6.26 Å². The van der Waals surface area contributed by atoms with E-state index in [0.29, 0.717) is 6.42 Å². The highest BCUT2D eigenvalue weighted by Gasteiger charge is 2.07. The van der Waals surface area contributed by atoms with Crippen molar-refractivity contribution in [3.8, 4) is 0 Å². The maximum absolute atomic E-state index is 10.2. The second-order valence-corrected chi connectivity index (χ2v) is 3.36. The number of allylic oxidation sites excluding steroid dienone is 1. The summed E-state index contributed by atoms with van der Waals surface area (Å²) in [6.45, 7) is 0. The van der Waals surface area contributed by atoms with Gasteiger partial charge in [-0.15, -0.1) is 0 Å². The van der Waals surface area contributed by atoms with Gasteiger partial charge in [-0.1, -0.05) is 19.3 Å². The lowest BCUT2D eigenvalue weighted by molar-refractivity contribution is -0.137. The summed E-state index contributed by atoms with van der Waals surface area (Å²) in [6, 6.07) is 0. The van der Waals surface area contributed by atoms with Gasteiger partial charge in [-0.25, -0.2) is 0 Å². The lowest BCUT2D eigenvalue weighted by Crippen LogP contribution is -1.93. The number of carboxylic acids is 1. The van der Waals surface area contributed by atoms with Gasteiger partial charge in [0, 0.05) is 12.8 Å². The number of hydrogen-bond donors (Lipinski definition) is 1. The first-order valence-electron chi connectivity index (χ1n) is 4.86. The van der Waals surface area contributed by atoms with Gasteiger partial charge in [0.1, 0.15) is 12.0 Å². The van der Waals surface area contributed by atoms with Crippen molar-refractivity contribution in [2.24, 2.45) is 0 Å². The number of aliphatic carboxylic acids is 1. The maximum Gasteiger partial charge on any atom is 0.303 e. The molecule has 0 aromatic carbocycles. The van der Waals surface area contributed by atoms with Crippen molar-refractivity contribution in [2.45, 2.75) is 44.9 Å². The van der Waals surface area contributed by atoms with E-state index in [-0.39, 0.29) is 0 Å². The number of carbonyl (C=O) groups is 1. The predicted molar refractivity (Wildman–Crippen MR) is 49.1 cm³/mol. The predicted octanol–water partition coefficient (Wildman–Crippen LogP) is 2.67. The normalized spacial score (nSPS) is 13.4. The molecule has 1 aliphatic heterocycles. The number of rotatable bonds is 8. The molecule has 0 atom stereocenters. The Bertz CT molecular complexity index is 190. The largest absolute Gasteiger partial charge is 0.481 e. The monoisotopic (exact) mass is 184 g/mol. The molecule has 0 fully saturated rings. The fraction of sp³-hybridized carbons (Fsp3) is 0.700. The van der Waals surface area contributed by atoms with E-state index in [9.17, 15) is 4.79 Å². The van der Waals surface area contributed by atoms with Crippen LogP contribution >= 0.6 is 0 Å². The Hall–Kier alpha value is -0.990. The average Bonchev–Trinajstić information content (AvgIpc) is 2.86. The van der Waals surface area contributed by atoms with Crippen LogP contribution in [0.2, 0.25) is 0 Å². The Morgan fingerprint density at radius 2 is 1.85 bits per heavy atom. The molecule has 0 saturated heterocycles. The summed E-state index contributed by atoms with van der Waals surface area (Å²) in [5.41, 5.74) is 0. The molecule has 1 rings (SSSR count). The first kappa shape index (κ1) is 10.1. The zero-order valence-corrected chi connectivity index (χ0v) is 7.79. The number of carboxylic acid groups (broad SMARTS) is 1. The molecule has 0 saturated carbocycles. The second-order valence-electron chi connectivity index (χ2n) is 3.36. The van der Waals surface area contributed by atoms with Crippen LogP contribution in [0.15, 0.2) is 12.0 Å². The minimum Gasteiger partial charge on any atom is -0.481 e. The summed E-state index contributed by atoms with van der Waals surface area (Å²) in [5, 5.41) is 8.37. The van der Waals surface area contributed by atoms with Crippen LogP contribution in [0.5, 0.6) is 0 Å². The van der Waals surface area contributed by atoms with Gasteiger partial charge in [0.25, 0.3) is 0 Å². The fourth-order valence-electron chi connectivity index (χ4n) is 1.27. The van der Waals surface area contributed by atoms with Crippen molar-refractivity contribution in [1.82, 2.24) is 0 Å². The molecule has 1 aliphatic rings. The van der Waals surface area contributed by atoms with Crippen molar-refractivity contribution in [3.63, 3.8) is 0 Å². The Morgan fingerprint density at radius 3 is 2.46 bits per heavy atom. The van der Waals surface area contributed by atoms with Crippen molar-refractivity contribution < 1.29 is 14.6 Å². The molecular weight excluding hydrogens is 168 g/mol. The molecule has 74 valence electrons. The summed E-state index contributed by atoms with van der Waals surface area (Å²) in [6.07, 6.45) is 8.48. The fourth-order valence-corrected chi connectivity index (χ4v) is 1.27. The van der Waals surface area contributed by atoms with Gasteiger partial charge in [0.15, 0.2) is 0 Å². The van der Waals surface area contributed by atoms with Crippen molar-refractivity contribution >= 4 is 5.97 Å². The minimum absolute atomic E-state index is 0.314. The van der Waals surface area contributed by atoms with E-state index in [2.05, 4.69) is 0 Å². The lowest BCUT2D eigenvalue weighted by atomic mass is 10.1. The molecule has 0 unspecified atom stereocenters. The zero-order valence-electron chi connectivity index (χ0n) is 7.79. The molecule has 0 spiro atoms. The van der Waals surface area contributed by atoms with E-state index in [4.69, 9.17) is 9.84 Å². The standard InChI is InChI=1S/C10H16O3/c11-10(12)7-5-3-1-2-4-6-9-8-13-9/h8H,1-7H2,(H,11,12). The van der Waals surface area contributed by atoms with Crippen LogP contribution in [0.3, 0.4) is 0 Å². The van der Waals surface area contributed by atoms with Gasteiger partial charge in [-0.05, 0) is 12.8 Å². The number of ether oxygens (including phenoxy) is 1. The van der Waals surface area contributed by atoms with Crippen LogP contribution in [0.1, 0.15) is 44.9 Å². The van der Waals surface area contributed by atoms with Gasteiger partial charge < -0.3 is 9.84 Å². The van der Waals surface area contributed by atoms with E-state index in [1.165, 1.54) is 12.8 Å². The molecule has 0 bridgehead atoms. The molecule has 3 nitrogen and oxygen atoms in total. The van der Waals surface area contributed by atoms with E-state index >= 15 is 0 Å². The molecule has 1 N–H and O–H groups in total. The van der Waals surface area contributed by atoms with Crippen LogP contribution in [0, 0.1) is 0 Å². The van der Waals surface area contributed by atoms with Gasteiger partial charge in [0.2, 0.25) is 0 Å². The maximum atomic E-state index is 10.2. The minimum atomic E-state index is -0.684. The summed E-state index contributed by atoms with van der Waals surface area (Å²) in [7, 11) is 0. The molecule has 1 heterocycles. The van der Waals surface area contributed by atoms with Gasteiger partial charge in [-0.3, -0.25) is 4.79 Å². The SMILES string of the molecule is O=C(O)CCCCCCCC1=CO1. The van der Waals surface area contributed by atoms with Crippen molar-refractivity contribution in [1.29, 1.82) is 0 Å². The highest BCUT2D eigenvalue weighted by molar-refractivity contribution is 5.66. The van der Waals surface area contributed by atoms with Crippen LogP contribution in [-0.4, -0.2) is 11.1 Å². The summed E-state index contributed by atoms with van der Waals surface area (Å²) >= 11 is 0. The molecule has 0 radical (unpaired) electrons. The Labute approximate surface area is 78.4 Å². The first-order valence-corrected chi connectivity index (χ1v) is 4.86. The quantitative estimate of drug-likeness (QED) is 0.590. The van der Waals surface area contributed by atoms with Gasteiger partial charge in [-0.2, -0.15) is 0 Å². The second kappa shape index (κ2) is 5.62. The molecular formula is C10H16O3. The summed E-state index contributed by atoms with van der Waals surface area (Å²) in [5.74, 6) is 0.432. The van der Waals surface area contributed by atoms with Crippen LogP contribution in [0.4, 0.5) is 0 Å². The van der Waals surface area contributed by atoms with E-state index < -0.39 is 5.97 Å². The van der Waals surface area contributed by atoms with Gasteiger partial charge in [0.05, 0.1) is 0 Å². The highest BCUT2D eigenvalue weighted by Crippen LogP contribution is 2.21. The Kier molecular flexibility index (Phi) is 4.36. The van der Waals surface area contributed by atoms with E-state index in [0.717, 1.165) is 31.4 Å². The van der Waals surface area contributed by atoms with Crippen LogP contribution in [0.25, 0.3) is 0 Å². The topological polar surface area (TPSA) is 49.8 Å². The smallest absolute Gasteiger partial charge is 0.303 e. The van der Waals surface area contributed by atoms with Crippen molar-refractivity contribution in [2.75, 3.05) is 0 Å². The molecule has 13 heavy (non-hydrogen) atoms. The third-order valence-corrected chi connectivity index (χ3v) is 2.10. The van der Waals surface area contributed by atoms with Crippen LogP contribution < -0.4 is 0 Å². The third kappa shape index (κ3) is 6.20. The Morgan fingerprint density at radius 1 is 1.23 bits per heavy atom. The van der Waals surface area contributed by atoms with E-state index in [1.807, 2.05) is 0 Å². The molecule has 3 heteroatoms. The number of hydrogen-bond acceptors (Lipinski definition) is 2. The first-order chi connectivity index (χ1) is 6.29. The average molecular weight is 184 g/mol. The lowest BCUT2D eigenvalue weighted by Gasteiger charge is -1.97. The van der Waals surface area contributed by atoms with Crippen LogP contribution in [-0.2, 0) is 9.53 Å². The Balaban J connectivity index is 1.73. The van der Waals surface area contributed by atoms with Gasteiger partial charge >= 0.3 is 5.97 Å². The third-order valence-electron chi connectivity index (χ3n) is 2.10. The summed E-state index contributed by atoms with van der Waals surface area (Å²) < 4.78 is 4.88. The number of unbranched alkanes of at least 4 members (excludes halogenated alkanes) is 4. The summed E-state index contributed by atoms with van der Waals surface area (Å²) in [4.78, 5) is 10.2.